The Morgan fingerprint density at radius 1 is 1.13 bits per heavy atom. The first-order chi connectivity index (χ1) is 11.0. The third kappa shape index (κ3) is 2.52. The zero-order valence-corrected chi connectivity index (χ0v) is 12.5. The third-order valence-corrected chi connectivity index (χ3v) is 3.63. The van der Waals surface area contributed by atoms with Gasteiger partial charge in [-0.25, -0.2) is 8.78 Å². The first-order valence-corrected chi connectivity index (χ1v) is 6.93. The summed E-state index contributed by atoms with van der Waals surface area (Å²) in [4.78, 5) is 15.6. The molecule has 0 bridgehead atoms. The van der Waals surface area contributed by atoms with Crippen molar-refractivity contribution in [2.75, 3.05) is 12.4 Å². The number of rotatable bonds is 3. The molecule has 2 N–H and O–H groups in total. The second-order valence-corrected chi connectivity index (χ2v) is 5.06. The monoisotopic (exact) mass is 316 g/mol. The van der Waals surface area contributed by atoms with E-state index in [9.17, 15) is 13.6 Å². The van der Waals surface area contributed by atoms with Crippen LogP contribution in [0.15, 0.2) is 36.4 Å². The second-order valence-electron chi connectivity index (χ2n) is 5.06. The second kappa shape index (κ2) is 5.72. The van der Waals surface area contributed by atoms with Crippen LogP contribution in [0.3, 0.4) is 0 Å². The van der Waals surface area contributed by atoms with E-state index < -0.39 is 23.2 Å². The minimum Gasteiger partial charge on any atom is -0.495 e. The van der Waals surface area contributed by atoms with E-state index in [1.165, 1.54) is 13.2 Å². The standard InChI is InChI=1S/C17H14F2N2O2/c1-9-14(10-5-3-8-13(23-2)15(10)20-9)17(22)21-16-11(18)6-4-7-12(16)19/h3-8,20H,1-2H3,(H,21,22). The molecule has 0 aliphatic heterocycles. The summed E-state index contributed by atoms with van der Waals surface area (Å²) in [6.45, 7) is 1.71. The van der Waals surface area contributed by atoms with Crippen LogP contribution in [0.2, 0.25) is 0 Å². The molecule has 0 spiro atoms. The lowest BCUT2D eigenvalue weighted by atomic mass is 10.1. The lowest BCUT2D eigenvalue weighted by Crippen LogP contribution is -2.15. The van der Waals surface area contributed by atoms with Gasteiger partial charge in [0.2, 0.25) is 0 Å². The van der Waals surface area contributed by atoms with Crippen LogP contribution in [0.5, 0.6) is 5.75 Å². The molecule has 1 aromatic heterocycles. The van der Waals surface area contributed by atoms with E-state index in [1.54, 1.807) is 25.1 Å². The molecule has 0 unspecified atom stereocenters. The van der Waals surface area contributed by atoms with Crippen molar-refractivity contribution in [1.29, 1.82) is 0 Å². The molecule has 0 aliphatic rings. The van der Waals surface area contributed by atoms with Gasteiger partial charge < -0.3 is 15.0 Å². The highest BCUT2D eigenvalue weighted by molar-refractivity contribution is 6.14. The minimum absolute atomic E-state index is 0.321. The van der Waals surface area contributed by atoms with Crippen molar-refractivity contribution in [2.45, 2.75) is 6.92 Å². The number of fused-ring (bicyclic) bond motifs is 1. The van der Waals surface area contributed by atoms with E-state index >= 15 is 0 Å². The van der Waals surface area contributed by atoms with E-state index in [-0.39, 0.29) is 0 Å². The number of methoxy groups -OCH3 is 1. The number of nitrogens with one attached hydrogen (secondary N) is 2. The number of ether oxygens (including phenoxy) is 1. The molecule has 4 nitrogen and oxygen atoms in total. The Morgan fingerprint density at radius 3 is 2.43 bits per heavy atom. The quantitative estimate of drug-likeness (QED) is 0.767. The number of hydrogen-bond acceptors (Lipinski definition) is 2. The molecular formula is C17H14F2N2O2. The van der Waals surface area contributed by atoms with Crippen molar-refractivity contribution in [3.05, 3.63) is 59.3 Å². The smallest absolute Gasteiger partial charge is 0.258 e. The molecule has 6 heteroatoms. The Balaban J connectivity index is 2.07. The summed E-state index contributed by atoms with van der Waals surface area (Å²) in [5.74, 6) is -1.66. The highest BCUT2D eigenvalue weighted by atomic mass is 19.1. The predicted octanol–water partition coefficient (Wildman–Crippen LogP) is 4.02. The molecule has 2 aromatic carbocycles. The summed E-state index contributed by atoms with van der Waals surface area (Å²) < 4.78 is 32.7. The number of amides is 1. The first kappa shape index (κ1) is 15.0. The van der Waals surface area contributed by atoms with E-state index in [4.69, 9.17) is 4.74 Å². The summed E-state index contributed by atoms with van der Waals surface area (Å²) in [5, 5.41) is 2.92. The number of halogens is 2. The number of para-hydroxylation sites is 2. The molecule has 3 aromatic rings. The predicted molar refractivity (Wildman–Crippen MR) is 83.9 cm³/mol. The lowest BCUT2D eigenvalue weighted by Gasteiger charge is -2.08. The summed E-state index contributed by atoms with van der Waals surface area (Å²) in [5.41, 5.74) is 1.10. The van der Waals surface area contributed by atoms with Crippen molar-refractivity contribution in [3.8, 4) is 5.75 Å². The Bertz CT molecular complexity index is 883. The molecule has 0 saturated carbocycles. The fourth-order valence-corrected chi connectivity index (χ4v) is 2.58. The molecule has 3 rings (SSSR count). The highest BCUT2D eigenvalue weighted by Gasteiger charge is 2.20. The topological polar surface area (TPSA) is 54.1 Å². The van der Waals surface area contributed by atoms with Crippen LogP contribution < -0.4 is 10.1 Å². The van der Waals surface area contributed by atoms with Crippen molar-refractivity contribution in [1.82, 2.24) is 4.98 Å². The number of anilines is 1. The van der Waals surface area contributed by atoms with Crippen molar-refractivity contribution in [3.63, 3.8) is 0 Å². The summed E-state index contributed by atoms with van der Waals surface area (Å²) in [6.07, 6.45) is 0. The molecular weight excluding hydrogens is 302 g/mol. The molecule has 0 radical (unpaired) electrons. The number of carbonyl (C=O) groups excluding carboxylic acids is 1. The maximum absolute atomic E-state index is 13.7. The van der Waals surface area contributed by atoms with E-state index in [0.717, 1.165) is 12.1 Å². The fourth-order valence-electron chi connectivity index (χ4n) is 2.58. The number of aromatic amines is 1. The zero-order chi connectivity index (χ0) is 16.6. The number of benzene rings is 2. The number of aryl methyl sites for hydroxylation is 1. The zero-order valence-electron chi connectivity index (χ0n) is 12.5. The van der Waals surface area contributed by atoms with Gasteiger partial charge in [-0.05, 0) is 25.1 Å². The number of H-pyrrole nitrogens is 1. The van der Waals surface area contributed by atoms with E-state index in [2.05, 4.69) is 10.3 Å². The van der Waals surface area contributed by atoms with Gasteiger partial charge in [-0.2, -0.15) is 0 Å². The van der Waals surface area contributed by atoms with Gasteiger partial charge in [-0.15, -0.1) is 0 Å². The van der Waals surface area contributed by atoms with Gasteiger partial charge in [-0.1, -0.05) is 18.2 Å². The Morgan fingerprint density at radius 2 is 1.78 bits per heavy atom. The fraction of sp³-hybridized carbons (Fsp3) is 0.118. The average Bonchev–Trinajstić information content (AvgIpc) is 2.86. The largest absolute Gasteiger partial charge is 0.495 e. The van der Waals surface area contributed by atoms with Gasteiger partial charge in [0.25, 0.3) is 5.91 Å². The number of aromatic nitrogens is 1. The highest BCUT2D eigenvalue weighted by Crippen LogP contribution is 2.30. The average molecular weight is 316 g/mol. The van der Waals surface area contributed by atoms with Crippen LogP contribution in [0, 0.1) is 18.6 Å². The number of hydrogen-bond donors (Lipinski definition) is 2. The lowest BCUT2D eigenvalue weighted by molar-refractivity contribution is 0.102. The molecule has 118 valence electrons. The van der Waals surface area contributed by atoms with Gasteiger partial charge in [-0.3, -0.25) is 4.79 Å². The molecule has 0 atom stereocenters. The van der Waals surface area contributed by atoms with Gasteiger partial charge >= 0.3 is 0 Å². The van der Waals surface area contributed by atoms with Crippen molar-refractivity contribution >= 4 is 22.5 Å². The molecule has 0 aliphatic carbocycles. The molecule has 1 heterocycles. The minimum atomic E-state index is -0.826. The van der Waals surface area contributed by atoms with Crippen LogP contribution in [0.25, 0.3) is 10.9 Å². The van der Waals surface area contributed by atoms with Crippen LogP contribution in [-0.4, -0.2) is 18.0 Å². The molecule has 0 fully saturated rings. The number of carbonyl (C=O) groups is 1. The van der Waals surface area contributed by atoms with Crippen LogP contribution in [0.1, 0.15) is 16.1 Å². The van der Waals surface area contributed by atoms with Gasteiger partial charge in [0.05, 0.1) is 18.2 Å². The third-order valence-electron chi connectivity index (χ3n) is 3.63. The van der Waals surface area contributed by atoms with Crippen LogP contribution in [0.4, 0.5) is 14.5 Å². The molecule has 1 amide bonds. The van der Waals surface area contributed by atoms with Crippen LogP contribution in [-0.2, 0) is 0 Å². The maximum atomic E-state index is 13.7. The van der Waals surface area contributed by atoms with Gasteiger partial charge in [0, 0.05) is 11.1 Å². The summed E-state index contributed by atoms with van der Waals surface area (Å²) in [6, 6.07) is 8.66. The summed E-state index contributed by atoms with van der Waals surface area (Å²) >= 11 is 0. The van der Waals surface area contributed by atoms with Crippen molar-refractivity contribution in [2.24, 2.45) is 0 Å². The van der Waals surface area contributed by atoms with Crippen LogP contribution >= 0.6 is 0 Å². The Hall–Kier alpha value is -2.89. The first-order valence-electron chi connectivity index (χ1n) is 6.93. The molecule has 23 heavy (non-hydrogen) atoms. The Kier molecular flexibility index (Phi) is 3.73. The summed E-state index contributed by atoms with van der Waals surface area (Å²) in [7, 11) is 1.53. The normalized spacial score (nSPS) is 10.8. The Labute approximate surface area is 131 Å². The molecule has 0 saturated heterocycles. The van der Waals surface area contributed by atoms with Gasteiger partial charge in [0.1, 0.15) is 23.1 Å². The maximum Gasteiger partial charge on any atom is 0.258 e. The van der Waals surface area contributed by atoms with E-state index in [1.807, 2.05) is 0 Å². The van der Waals surface area contributed by atoms with E-state index in [0.29, 0.717) is 27.9 Å². The van der Waals surface area contributed by atoms with Gasteiger partial charge in [0.15, 0.2) is 0 Å². The van der Waals surface area contributed by atoms with Crippen molar-refractivity contribution < 1.29 is 18.3 Å². The SMILES string of the molecule is COc1cccc2c(C(=O)Nc3c(F)cccc3F)c(C)[nH]c12.